The van der Waals surface area contributed by atoms with Crippen molar-refractivity contribution in [3.8, 4) is 6.07 Å². The van der Waals surface area contributed by atoms with Gasteiger partial charge in [0.25, 0.3) is 0 Å². The van der Waals surface area contributed by atoms with Crippen LogP contribution in [-0.2, 0) is 9.47 Å². The Kier molecular flexibility index (Phi) is 15.6. The molecule has 21 heavy (non-hydrogen) atoms. The predicted molar refractivity (Wildman–Crippen MR) is 91.2 cm³/mol. The van der Waals surface area contributed by atoms with E-state index >= 15 is 0 Å². The van der Waals surface area contributed by atoms with Gasteiger partial charge in [0.15, 0.2) is 0 Å². The Morgan fingerprint density at radius 2 is 1.95 bits per heavy atom. The molecule has 1 unspecified atom stereocenters. The lowest BCUT2D eigenvalue weighted by molar-refractivity contribution is 0.164. The van der Waals surface area contributed by atoms with Crippen molar-refractivity contribution >= 4 is 8.58 Å². The van der Waals surface area contributed by atoms with Crippen LogP contribution in [0, 0.1) is 11.3 Å². The van der Waals surface area contributed by atoms with Crippen LogP contribution in [0.15, 0.2) is 10.9 Å². The van der Waals surface area contributed by atoms with Crippen LogP contribution >= 0.6 is 8.58 Å². The largest absolute Gasteiger partial charge is 0.385 e. The molecule has 0 fully saturated rings. The van der Waals surface area contributed by atoms with Gasteiger partial charge < -0.3 is 14.8 Å². The summed E-state index contributed by atoms with van der Waals surface area (Å²) in [4.78, 5) is 0. The molecule has 0 saturated heterocycles. The lowest BCUT2D eigenvalue weighted by atomic mass is 10.1. The van der Waals surface area contributed by atoms with Crippen LogP contribution in [0.1, 0.15) is 39.5 Å². The molecule has 0 radical (unpaired) electrons. The summed E-state index contributed by atoms with van der Waals surface area (Å²) >= 11 is 0. The van der Waals surface area contributed by atoms with Crippen LogP contribution in [0.2, 0.25) is 0 Å². The molecule has 0 aliphatic rings. The van der Waals surface area contributed by atoms with Crippen LogP contribution in [0.4, 0.5) is 0 Å². The highest BCUT2D eigenvalue weighted by Gasteiger charge is 2.02. The van der Waals surface area contributed by atoms with Gasteiger partial charge in [0.2, 0.25) is 0 Å². The first-order valence-corrected chi connectivity index (χ1v) is 9.08. The summed E-state index contributed by atoms with van der Waals surface area (Å²) in [7, 11) is 2.32. The Hall–Kier alpha value is -0.460. The number of unbranched alkanes of at least 4 members (excludes halogenated alkanes) is 1. The molecule has 0 amide bonds. The minimum Gasteiger partial charge on any atom is -0.385 e. The standard InChI is InChI=1S/C16H31N2O2P/c1-4-20-12-13-21-16(14-17)15(2)8-5-6-9-18-10-7-11-19-3/h18,21H,4-13H2,1-3H3/b16-15-. The van der Waals surface area contributed by atoms with E-state index in [0.29, 0.717) is 8.58 Å². The molecule has 0 aromatic heterocycles. The number of ether oxygens (including phenoxy) is 2. The first kappa shape index (κ1) is 20.5. The van der Waals surface area contributed by atoms with Gasteiger partial charge in [-0.25, -0.2) is 0 Å². The minimum atomic E-state index is 0.589. The lowest BCUT2D eigenvalue weighted by Crippen LogP contribution is -2.17. The first-order chi connectivity index (χ1) is 10.3. The van der Waals surface area contributed by atoms with Gasteiger partial charge in [-0.3, -0.25) is 0 Å². The summed E-state index contributed by atoms with van der Waals surface area (Å²) in [6.45, 7) is 8.50. The van der Waals surface area contributed by atoms with E-state index in [1.807, 2.05) is 6.92 Å². The molecule has 0 aromatic carbocycles. The molecular weight excluding hydrogens is 283 g/mol. The van der Waals surface area contributed by atoms with Crippen molar-refractivity contribution in [3.63, 3.8) is 0 Å². The van der Waals surface area contributed by atoms with Gasteiger partial charge >= 0.3 is 0 Å². The van der Waals surface area contributed by atoms with Crippen molar-refractivity contribution in [1.29, 1.82) is 5.26 Å². The van der Waals surface area contributed by atoms with Crippen LogP contribution in [-0.4, -0.2) is 46.2 Å². The van der Waals surface area contributed by atoms with Gasteiger partial charge in [-0.2, -0.15) is 5.26 Å². The molecule has 4 nitrogen and oxygen atoms in total. The van der Waals surface area contributed by atoms with E-state index in [0.717, 1.165) is 70.1 Å². The summed E-state index contributed by atoms with van der Waals surface area (Å²) in [6, 6.07) is 2.36. The molecule has 122 valence electrons. The molecule has 1 N–H and O–H groups in total. The first-order valence-electron chi connectivity index (χ1n) is 7.87. The zero-order valence-electron chi connectivity index (χ0n) is 13.8. The van der Waals surface area contributed by atoms with Crippen LogP contribution in [0.25, 0.3) is 0 Å². The maximum absolute atomic E-state index is 9.21. The maximum atomic E-state index is 9.21. The number of nitriles is 1. The van der Waals surface area contributed by atoms with Gasteiger partial charge in [0.1, 0.15) is 0 Å². The minimum absolute atomic E-state index is 0.589. The van der Waals surface area contributed by atoms with Gasteiger partial charge in [0, 0.05) is 25.6 Å². The molecule has 0 heterocycles. The average molecular weight is 314 g/mol. The van der Waals surface area contributed by atoms with E-state index in [4.69, 9.17) is 9.47 Å². The van der Waals surface area contributed by atoms with Gasteiger partial charge in [-0.1, -0.05) is 14.2 Å². The van der Waals surface area contributed by atoms with Gasteiger partial charge in [-0.05, 0) is 58.8 Å². The van der Waals surface area contributed by atoms with Crippen molar-refractivity contribution in [2.24, 2.45) is 0 Å². The molecule has 0 aliphatic heterocycles. The average Bonchev–Trinajstić information content (AvgIpc) is 2.50. The normalized spacial score (nSPS) is 12.7. The number of rotatable bonds is 14. The number of hydrogen-bond donors (Lipinski definition) is 1. The second kappa shape index (κ2) is 15.9. The fourth-order valence-corrected chi connectivity index (χ4v) is 2.91. The Labute approximate surface area is 132 Å². The third kappa shape index (κ3) is 13.0. The number of nitrogens with zero attached hydrogens (tertiary/aromatic N) is 1. The van der Waals surface area contributed by atoms with Crippen molar-refractivity contribution in [1.82, 2.24) is 5.32 Å². The molecule has 0 rings (SSSR count). The molecule has 0 saturated carbocycles. The number of methoxy groups -OCH3 is 1. The van der Waals surface area contributed by atoms with E-state index in [1.54, 1.807) is 7.11 Å². The van der Waals surface area contributed by atoms with E-state index in [-0.39, 0.29) is 0 Å². The van der Waals surface area contributed by atoms with Gasteiger partial charge in [0.05, 0.1) is 12.7 Å². The number of allylic oxidation sites excluding steroid dienone is 2. The van der Waals surface area contributed by atoms with Crippen LogP contribution < -0.4 is 5.32 Å². The molecule has 1 atom stereocenters. The summed E-state index contributed by atoms with van der Waals surface area (Å²) in [5.74, 6) is 0. The SMILES string of the molecule is CCOCCP/C(C#N)=C(/C)CCCCNCCCOC. The molecule has 0 aromatic rings. The van der Waals surface area contributed by atoms with Gasteiger partial charge in [-0.15, -0.1) is 0 Å². The Morgan fingerprint density at radius 3 is 2.62 bits per heavy atom. The second-order valence-electron chi connectivity index (χ2n) is 4.94. The number of nitrogens with one attached hydrogen (secondary N) is 1. The molecule has 5 heteroatoms. The summed E-state index contributed by atoms with van der Waals surface area (Å²) < 4.78 is 10.3. The fourth-order valence-electron chi connectivity index (χ4n) is 1.91. The summed E-state index contributed by atoms with van der Waals surface area (Å²) in [6.07, 6.45) is 5.36. The fraction of sp³-hybridized carbons (Fsp3) is 0.812. The van der Waals surface area contributed by atoms with Crippen molar-refractivity contribution in [2.45, 2.75) is 39.5 Å². The van der Waals surface area contributed by atoms with E-state index in [9.17, 15) is 5.26 Å². The summed E-state index contributed by atoms with van der Waals surface area (Å²) in [5.41, 5.74) is 1.26. The van der Waals surface area contributed by atoms with Crippen molar-refractivity contribution in [3.05, 3.63) is 10.9 Å². The highest BCUT2D eigenvalue weighted by Crippen LogP contribution is 2.27. The monoisotopic (exact) mass is 314 g/mol. The maximum Gasteiger partial charge on any atom is 0.0992 e. The molecular formula is C16H31N2O2P. The molecule has 0 spiro atoms. The van der Waals surface area contributed by atoms with E-state index in [1.165, 1.54) is 5.57 Å². The number of hydrogen-bond acceptors (Lipinski definition) is 4. The third-order valence-electron chi connectivity index (χ3n) is 3.15. The zero-order valence-corrected chi connectivity index (χ0v) is 14.8. The lowest BCUT2D eigenvalue weighted by Gasteiger charge is -2.07. The Bertz CT molecular complexity index is 314. The third-order valence-corrected chi connectivity index (χ3v) is 4.49. The summed E-state index contributed by atoms with van der Waals surface area (Å²) in [5, 5.41) is 13.6. The highest BCUT2D eigenvalue weighted by atomic mass is 31.1. The smallest absolute Gasteiger partial charge is 0.0992 e. The highest BCUT2D eigenvalue weighted by molar-refractivity contribution is 7.43. The Balaban J connectivity index is 3.69. The van der Waals surface area contributed by atoms with Crippen molar-refractivity contribution < 1.29 is 9.47 Å². The second-order valence-corrected chi connectivity index (χ2v) is 6.30. The Morgan fingerprint density at radius 1 is 1.19 bits per heavy atom. The predicted octanol–water partition coefficient (Wildman–Crippen LogP) is 3.30. The topological polar surface area (TPSA) is 54.3 Å². The van der Waals surface area contributed by atoms with Crippen LogP contribution in [0.3, 0.4) is 0 Å². The quantitative estimate of drug-likeness (QED) is 0.304. The van der Waals surface area contributed by atoms with Crippen LogP contribution in [0.5, 0.6) is 0 Å². The van der Waals surface area contributed by atoms with E-state index < -0.39 is 0 Å². The molecule has 0 aliphatic carbocycles. The molecule has 0 bridgehead atoms. The van der Waals surface area contributed by atoms with Crippen molar-refractivity contribution in [2.75, 3.05) is 46.2 Å². The van der Waals surface area contributed by atoms with E-state index in [2.05, 4.69) is 18.3 Å². The zero-order chi connectivity index (χ0) is 15.8.